The quantitative estimate of drug-likeness (QED) is 0.914. The van der Waals surface area contributed by atoms with Crippen molar-refractivity contribution in [3.8, 4) is 5.75 Å². The zero-order valence-electron chi connectivity index (χ0n) is 12.1. The first-order valence-electron chi connectivity index (χ1n) is 6.57. The Morgan fingerprint density at radius 3 is 2.71 bits per heavy atom. The van der Waals surface area contributed by atoms with Crippen LogP contribution in [0.3, 0.4) is 0 Å². The Kier molecular flexibility index (Phi) is 4.53. The number of hydrogen-bond acceptors (Lipinski definition) is 3. The predicted octanol–water partition coefficient (Wildman–Crippen LogP) is 3.70. The van der Waals surface area contributed by atoms with Gasteiger partial charge in [-0.15, -0.1) is 0 Å². The third kappa shape index (κ3) is 3.76. The van der Waals surface area contributed by atoms with Crippen LogP contribution in [-0.4, -0.2) is 20.9 Å². The molecule has 0 aliphatic carbocycles. The molecule has 0 saturated carbocycles. The van der Waals surface area contributed by atoms with Gasteiger partial charge in [-0.05, 0) is 36.1 Å². The van der Waals surface area contributed by atoms with E-state index in [4.69, 9.17) is 21.4 Å². The number of rotatable bonds is 5. The molecule has 0 fully saturated rings. The smallest absolute Gasteiger partial charge is 0.357 e. The van der Waals surface area contributed by atoms with Gasteiger partial charge in [-0.3, -0.25) is 0 Å². The van der Waals surface area contributed by atoms with Crippen molar-refractivity contribution in [3.63, 3.8) is 0 Å². The number of carboxylic acids is 1. The lowest BCUT2D eigenvalue weighted by molar-refractivity contribution is 0.0688. The molecule has 0 saturated heterocycles. The number of carbonyl (C=O) groups is 1. The van der Waals surface area contributed by atoms with E-state index in [1.54, 1.807) is 0 Å². The molecule has 1 aromatic carbocycles. The molecule has 0 atom stereocenters. The summed E-state index contributed by atoms with van der Waals surface area (Å²) in [5, 5.41) is 12.9. The standard InChI is InChI=1S/C15H17ClN2O3/c1-9(2)11-4-10(3)5-12(6-11)21-8-18-7-13(16)14(17-18)15(19)20/h4-7,9H,8H2,1-3H3,(H,19,20). The Bertz CT molecular complexity index is 665. The molecule has 2 rings (SSSR count). The average Bonchev–Trinajstić information content (AvgIpc) is 2.77. The van der Waals surface area contributed by atoms with Crippen LogP contribution in [0.1, 0.15) is 41.4 Å². The molecule has 0 radical (unpaired) electrons. The van der Waals surface area contributed by atoms with E-state index >= 15 is 0 Å². The molecule has 0 aliphatic rings. The molecular formula is C15H17ClN2O3. The highest BCUT2D eigenvalue weighted by Gasteiger charge is 2.14. The summed E-state index contributed by atoms with van der Waals surface area (Å²) in [4.78, 5) is 10.9. The van der Waals surface area contributed by atoms with E-state index in [-0.39, 0.29) is 17.4 Å². The number of carboxylic acid groups (broad SMARTS) is 1. The van der Waals surface area contributed by atoms with Gasteiger partial charge >= 0.3 is 5.97 Å². The van der Waals surface area contributed by atoms with Crippen molar-refractivity contribution < 1.29 is 14.6 Å². The Balaban J connectivity index is 2.13. The zero-order chi connectivity index (χ0) is 15.6. The van der Waals surface area contributed by atoms with Crippen LogP contribution >= 0.6 is 11.6 Å². The van der Waals surface area contributed by atoms with Gasteiger partial charge in [0.2, 0.25) is 0 Å². The maximum Gasteiger partial charge on any atom is 0.357 e. The summed E-state index contributed by atoms with van der Waals surface area (Å²) < 4.78 is 7.02. The zero-order valence-corrected chi connectivity index (χ0v) is 12.9. The van der Waals surface area contributed by atoms with Crippen LogP contribution in [0.5, 0.6) is 5.75 Å². The molecule has 1 aromatic heterocycles. The number of aryl methyl sites for hydroxylation is 1. The van der Waals surface area contributed by atoms with E-state index in [9.17, 15) is 4.79 Å². The first kappa shape index (κ1) is 15.4. The fourth-order valence-corrected chi connectivity index (χ4v) is 2.17. The molecule has 1 N–H and O–H groups in total. The molecule has 0 amide bonds. The van der Waals surface area contributed by atoms with Gasteiger partial charge in [-0.2, -0.15) is 5.10 Å². The summed E-state index contributed by atoms with van der Waals surface area (Å²) >= 11 is 5.79. The minimum absolute atomic E-state index is 0.0956. The average molecular weight is 309 g/mol. The lowest BCUT2D eigenvalue weighted by Crippen LogP contribution is -2.08. The highest BCUT2D eigenvalue weighted by atomic mass is 35.5. The Hall–Kier alpha value is -2.01. The van der Waals surface area contributed by atoms with E-state index in [1.807, 2.05) is 19.1 Å². The second-order valence-corrected chi connectivity index (χ2v) is 5.58. The number of hydrogen-bond donors (Lipinski definition) is 1. The van der Waals surface area contributed by atoms with Crippen LogP contribution in [0.25, 0.3) is 0 Å². The summed E-state index contributed by atoms with van der Waals surface area (Å²) in [6.07, 6.45) is 1.43. The Morgan fingerprint density at radius 2 is 2.14 bits per heavy atom. The second-order valence-electron chi connectivity index (χ2n) is 5.18. The number of benzene rings is 1. The molecule has 6 heteroatoms. The van der Waals surface area contributed by atoms with Gasteiger partial charge in [0.15, 0.2) is 12.4 Å². The van der Waals surface area contributed by atoms with Gasteiger partial charge < -0.3 is 9.84 Å². The Labute approximate surface area is 128 Å². The number of ether oxygens (including phenoxy) is 1. The van der Waals surface area contributed by atoms with E-state index in [2.05, 4.69) is 25.0 Å². The molecule has 0 spiro atoms. The summed E-state index contributed by atoms with van der Waals surface area (Å²) in [6, 6.07) is 6.01. The van der Waals surface area contributed by atoms with Gasteiger partial charge in [0.1, 0.15) is 5.75 Å². The molecule has 0 unspecified atom stereocenters. The molecule has 112 valence electrons. The van der Waals surface area contributed by atoms with Crippen molar-refractivity contribution in [2.75, 3.05) is 0 Å². The maximum absolute atomic E-state index is 10.9. The fourth-order valence-electron chi connectivity index (χ4n) is 1.94. The van der Waals surface area contributed by atoms with Crippen LogP contribution in [-0.2, 0) is 6.73 Å². The van der Waals surface area contributed by atoms with Crippen LogP contribution in [0.4, 0.5) is 0 Å². The van der Waals surface area contributed by atoms with Gasteiger partial charge in [0.05, 0.1) is 5.02 Å². The van der Waals surface area contributed by atoms with Crippen LogP contribution in [0.15, 0.2) is 24.4 Å². The number of aromatic nitrogens is 2. The van der Waals surface area contributed by atoms with Crippen molar-refractivity contribution in [1.29, 1.82) is 0 Å². The number of aromatic carboxylic acids is 1. The summed E-state index contributed by atoms with van der Waals surface area (Å²) in [7, 11) is 0. The molecule has 0 bridgehead atoms. The van der Waals surface area contributed by atoms with Crippen molar-refractivity contribution in [2.45, 2.75) is 33.4 Å². The minimum Gasteiger partial charge on any atom is -0.476 e. The van der Waals surface area contributed by atoms with Crippen LogP contribution in [0.2, 0.25) is 5.02 Å². The van der Waals surface area contributed by atoms with Gasteiger partial charge in [-0.1, -0.05) is 31.5 Å². The highest BCUT2D eigenvalue weighted by Crippen LogP contribution is 2.23. The summed E-state index contributed by atoms with van der Waals surface area (Å²) in [5.41, 5.74) is 2.13. The van der Waals surface area contributed by atoms with E-state index in [0.29, 0.717) is 5.92 Å². The van der Waals surface area contributed by atoms with Crippen molar-refractivity contribution >= 4 is 17.6 Å². The first-order chi connectivity index (χ1) is 9.86. The number of nitrogens with zero attached hydrogens (tertiary/aromatic N) is 2. The minimum atomic E-state index is -1.16. The van der Waals surface area contributed by atoms with Crippen molar-refractivity contribution in [3.05, 3.63) is 46.2 Å². The fraction of sp³-hybridized carbons (Fsp3) is 0.333. The molecular weight excluding hydrogens is 292 g/mol. The third-order valence-electron chi connectivity index (χ3n) is 3.02. The first-order valence-corrected chi connectivity index (χ1v) is 6.95. The molecule has 1 heterocycles. The van der Waals surface area contributed by atoms with Crippen LogP contribution < -0.4 is 4.74 Å². The van der Waals surface area contributed by atoms with Gasteiger partial charge in [0.25, 0.3) is 0 Å². The Morgan fingerprint density at radius 1 is 1.43 bits per heavy atom. The normalized spacial score (nSPS) is 10.9. The molecule has 21 heavy (non-hydrogen) atoms. The summed E-state index contributed by atoms with van der Waals surface area (Å²) in [6.45, 7) is 6.34. The second kappa shape index (κ2) is 6.18. The highest BCUT2D eigenvalue weighted by molar-refractivity contribution is 6.33. The topological polar surface area (TPSA) is 64.3 Å². The van der Waals surface area contributed by atoms with E-state index in [0.717, 1.165) is 11.3 Å². The monoisotopic (exact) mass is 308 g/mol. The maximum atomic E-state index is 10.9. The third-order valence-corrected chi connectivity index (χ3v) is 3.30. The summed E-state index contributed by atoms with van der Waals surface area (Å²) in [5.74, 6) is -0.0244. The van der Waals surface area contributed by atoms with Crippen molar-refractivity contribution in [1.82, 2.24) is 9.78 Å². The number of halogens is 1. The van der Waals surface area contributed by atoms with Gasteiger partial charge in [0, 0.05) is 6.20 Å². The molecule has 5 nitrogen and oxygen atoms in total. The van der Waals surface area contributed by atoms with Crippen molar-refractivity contribution in [2.24, 2.45) is 0 Å². The van der Waals surface area contributed by atoms with E-state index in [1.165, 1.54) is 16.4 Å². The predicted molar refractivity (Wildman–Crippen MR) is 80.1 cm³/mol. The van der Waals surface area contributed by atoms with Gasteiger partial charge in [-0.25, -0.2) is 9.48 Å². The molecule has 0 aliphatic heterocycles. The SMILES string of the molecule is Cc1cc(OCn2cc(Cl)c(C(=O)O)n2)cc(C(C)C)c1. The lowest BCUT2D eigenvalue weighted by Gasteiger charge is -2.11. The molecule has 2 aromatic rings. The van der Waals surface area contributed by atoms with E-state index < -0.39 is 5.97 Å². The van der Waals surface area contributed by atoms with Crippen LogP contribution in [0, 0.1) is 6.92 Å². The lowest BCUT2D eigenvalue weighted by atomic mass is 10.0. The largest absolute Gasteiger partial charge is 0.476 e.